The minimum absolute atomic E-state index is 0.0754. The van der Waals surface area contributed by atoms with Gasteiger partial charge in [-0.3, -0.25) is 14.5 Å². The average Bonchev–Trinajstić information content (AvgIpc) is 2.84. The lowest BCUT2D eigenvalue weighted by Gasteiger charge is -2.33. The van der Waals surface area contributed by atoms with Crippen molar-refractivity contribution in [2.24, 2.45) is 0 Å². The number of carbonyl (C=O) groups excluding carboxylic acids is 2. The van der Waals surface area contributed by atoms with E-state index in [1.54, 1.807) is 4.90 Å². The number of rotatable bonds is 4. The summed E-state index contributed by atoms with van der Waals surface area (Å²) in [5, 5.41) is 4.37. The van der Waals surface area contributed by atoms with Crippen LogP contribution in [-0.4, -0.2) is 68.0 Å². The molecule has 0 aromatic heterocycles. The van der Waals surface area contributed by atoms with Gasteiger partial charge in [0.25, 0.3) is 0 Å². The second kappa shape index (κ2) is 8.73. The molecule has 1 aromatic carbocycles. The molecule has 1 N–H and O–H groups in total. The summed E-state index contributed by atoms with van der Waals surface area (Å²) in [5.74, 6) is -1.77. The fraction of sp³-hybridized carbons (Fsp3) is 0.600. The predicted molar refractivity (Wildman–Crippen MR) is 107 cm³/mol. The zero-order chi connectivity index (χ0) is 22.1. The Balaban J connectivity index is 1.74. The summed E-state index contributed by atoms with van der Waals surface area (Å²) in [6, 6.07) is 2.27. The summed E-state index contributed by atoms with van der Waals surface area (Å²) in [4.78, 5) is 31.6. The second-order valence-corrected chi connectivity index (χ2v) is 8.40. The predicted octanol–water partition coefficient (Wildman–Crippen LogP) is 2.28. The van der Waals surface area contributed by atoms with Crippen molar-refractivity contribution in [1.29, 1.82) is 0 Å². The Morgan fingerprint density at radius 3 is 2.47 bits per heavy atom. The molecule has 2 fully saturated rings. The van der Waals surface area contributed by atoms with Crippen molar-refractivity contribution in [2.75, 3.05) is 49.1 Å². The fourth-order valence-electron chi connectivity index (χ4n) is 3.51. The maximum Gasteiger partial charge on any atom is 0.414 e. The molecule has 10 heteroatoms. The molecule has 166 valence electrons. The number of halogens is 2. The minimum atomic E-state index is -0.757. The smallest absolute Gasteiger partial charge is 0.414 e. The molecule has 0 saturated carbocycles. The van der Waals surface area contributed by atoms with Crippen LogP contribution in [-0.2, 0) is 14.4 Å². The second-order valence-electron chi connectivity index (χ2n) is 8.40. The van der Waals surface area contributed by atoms with Gasteiger partial charge in [-0.1, -0.05) is 0 Å². The highest BCUT2D eigenvalue weighted by Gasteiger charge is 2.34. The third-order valence-corrected chi connectivity index (χ3v) is 5.01. The number of amides is 2. The van der Waals surface area contributed by atoms with Crippen LogP contribution in [0.5, 0.6) is 0 Å². The maximum absolute atomic E-state index is 14.9. The molecule has 2 saturated heterocycles. The van der Waals surface area contributed by atoms with E-state index in [2.05, 4.69) is 5.32 Å². The van der Waals surface area contributed by atoms with Crippen LogP contribution in [0.15, 0.2) is 12.1 Å². The molecule has 30 heavy (non-hydrogen) atoms. The van der Waals surface area contributed by atoms with Crippen molar-refractivity contribution in [1.82, 2.24) is 10.4 Å². The standard InChI is InChI=1S/C20H28F2N4O4/c1-13(27)23-11-15-12-25(19(28)30-15)14-9-16(21)18(17(22)10-14)24-5-6-26(20(2,3)4)29-8-7-24/h9-10,15H,5-8,11-12H2,1-4H3,(H,23,27)/t15-/m0/s1. The van der Waals surface area contributed by atoms with Gasteiger partial charge in [0.1, 0.15) is 11.8 Å². The number of carbonyl (C=O) groups is 2. The minimum Gasteiger partial charge on any atom is -0.442 e. The number of hydrogen-bond acceptors (Lipinski definition) is 6. The molecule has 8 nitrogen and oxygen atoms in total. The summed E-state index contributed by atoms with van der Waals surface area (Å²) < 4.78 is 35.0. The summed E-state index contributed by atoms with van der Waals surface area (Å²) in [6.45, 7) is 9.14. The molecule has 0 unspecified atom stereocenters. The summed E-state index contributed by atoms with van der Waals surface area (Å²) in [5.41, 5.74) is -0.284. The van der Waals surface area contributed by atoms with Gasteiger partial charge in [-0.15, -0.1) is 0 Å². The van der Waals surface area contributed by atoms with Gasteiger partial charge in [-0.05, 0) is 20.8 Å². The molecule has 3 rings (SSSR count). The van der Waals surface area contributed by atoms with Gasteiger partial charge in [-0.25, -0.2) is 13.6 Å². The average molecular weight is 426 g/mol. The zero-order valence-electron chi connectivity index (χ0n) is 17.7. The third kappa shape index (κ3) is 4.99. The molecule has 1 aromatic rings. The topological polar surface area (TPSA) is 74.4 Å². The maximum atomic E-state index is 14.9. The Morgan fingerprint density at radius 1 is 1.20 bits per heavy atom. The first kappa shape index (κ1) is 22.2. The van der Waals surface area contributed by atoms with Gasteiger partial charge in [0.05, 0.1) is 25.4 Å². The molecule has 2 aliphatic heterocycles. The molecular weight excluding hydrogens is 398 g/mol. The molecular formula is C20H28F2N4O4. The Labute approximate surface area is 174 Å². The third-order valence-electron chi connectivity index (χ3n) is 5.01. The van der Waals surface area contributed by atoms with Crippen LogP contribution in [0.4, 0.5) is 25.0 Å². The highest BCUT2D eigenvalue weighted by molar-refractivity contribution is 5.90. The molecule has 2 aliphatic rings. The number of hydroxylamine groups is 2. The van der Waals surface area contributed by atoms with Crippen LogP contribution in [0, 0.1) is 11.6 Å². The number of ether oxygens (including phenoxy) is 1. The summed E-state index contributed by atoms with van der Waals surface area (Å²) >= 11 is 0. The number of benzene rings is 1. The van der Waals surface area contributed by atoms with Crippen molar-refractivity contribution >= 4 is 23.4 Å². The van der Waals surface area contributed by atoms with E-state index >= 15 is 0 Å². The van der Waals surface area contributed by atoms with Crippen LogP contribution < -0.4 is 15.1 Å². The van der Waals surface area contributed by atoms with E-state index in [1.807, 2.05) is 25.8 Å². The SMILES string of the molecule is CC(=O)NC[C@H]1CN(c2cc(F)c(N3CCON(C(C)(C)C)CC3)c(F)c2)C(=O)O1. The van der Waals surface area contributed by atoms with Crippen LogP contribution in [0.3, 0.4) is 0 Å². The molecule has 1 atom stereocenters. The number of hydrogen-bond donors (Lipinski definition) is 1. The van der Waals surface area contributed by atoms with E-state index in [1.165, 1.54) is 6.92 Å². The first-order chi connectivity index (χ1) is 14.1. The first-order valence-corrected chi connectivity index (χ1v) is 9.93. The number of nitrogens with zero attached hydrogens (tertiary/aromatic N) is 3. The number of cyclic esters (lactones) is 1. The van der Waals surface area contributed by atoms with Gasteiger partial charge in [-0.2, -0.15) is 5.06 Å². The van der Waals surface area contributed by atoms with Crippen molar-refractivity contribution in [3.8, 4) is 0 Å². The van der Waals surface area contributed by atoms with E-state index < -0.39 is 23.8 Å². The normalized spacial score (nSPS) is 20.9. The van der Waals surface area contributed by atoms with Crippen LogP contribution in [0.1, 0.15) is 27.7 Å². The van der Waals surface area contributed by atoms with Gasteiger partial charge < -0.3 is 15.0 Å². The summed E-state index contributed by atoms with van der Waals surface area (Å²) in [7, 11) is 0. The van der Waals surface area contributed by atoms with Crippen LogP contribution in [0.25, 0.3) is 0 Å². The van der Waals surface area contributed by atoms with E-state index in [-0.39, 0.29) is 35.9 Å². The number of nitrogens with one attached hydrogen (secondary N) is 1. The molecule has 0 aliphatic carbocycles. The van der Waals surface area contributed by atoms with Crippen molar-refractivity contribution < 1.29 is 27.9 Å². The quantitative estimate of drug-likeness (QED) is 0.796. The van der Waals surface area contributed by atoms with Gasteiger partial charge >= 0.3 is 6.09 Å². The van der Waals surface area contributed by atoms with Crippen molar-refractivity contribution in [3.05, 3.63) is 23.8 Å². The highest BCUT2D eigenvalue weighted by atomic mass is 19.1. The van der Waals surface area contributed by atoms with Gasteiger partial charge in [0, 0.05) is 44.2 Å². The lowest BCUT2D eigenvalue weighted by molar-refractivity contribution is -0.199. The van der Waals surface area contributed by atoms with Crippen molar-refractivity contribution in [2.45, 2.75) is 39.3 Å². The van der Waals surface area contributed by atoms with E-state index in [0.717, 1.165) is 17.0 Å². The van der Waals surface area contributed by atoms with E-state index in [0.29, 0.717) is 26.2 Å². The van der Waals surface area contributed by atoms with E-state index in [9.17, 15) is 18.4 Å². The Hall–Kier alpha value is -2.46. The lowest BCUT2D eigenvalue weighted by Crippen LogP contribution is -2.42. The van der Waals surface area contributed by atoms with Crippen molar-refractivity contribution in [3.63, 3.8) is 0 Å². The Morgan fingerprint density at radius 2 is 1.87 bits per heavy atom. The molecule has 2 heterocycles. The van der Waals surface area contributed by atoms with Gasteiger partial charge in [0.15, 0.2) is 11.6 Å². The Kier molecular flexibility index (Phi) is 6.47. The first-order valence-electron chi connectivity index (χ1n) is 9.93. The molecule has 0 spiro atoms. The molecule has 0 radical (unpaired) electrons. The largest absolute Gasteiger partial charge is 0.442 e. The van der Waals surface area contributed by atoms with E-state index in [4.69, 9.17) is 9.57 Å². The van der Waals surface area contributed by atoms with Crippen LogP contribution >= 0.6 is 0 Å². The van der Waals surface area contributed by atoms with Gasteiger partial charge in [0.2, 0.25) is 5.91 Å². The highest BCUT2D eigenvalue weighted by Crippen LogP contribution is 2.31. The Bertz CT molecular complexity index is 791. The molecule has 2 amide bonds. The molecule has 0 bridgehead atoms. The monoisotopic (exact) mass is 426 g/mol. The zero-order valence-corrected chi connectivity index (χ0v) is 17.7. The fourth-order valence-corrected chi connectivity index (χ4v) is 3.51. The number of anilines is 2. The summed E-state index contributed by atoms with van der Waals surface area (Å²) in [6.07, 6.45) is -1.29. The van der Waals surface area contributed by atoms with Crippen LogP contribution in [0.2, 0.25) is 0 Å². The lowest BCUT2D eigenvalue weighted by atomic mass is 10.1.